The van der Waals surface area contributed by atoms with Crippen LogP contribution in [0.25, 0.3) is 5.76 Å². The summed E-state index contributed by atoms with van der Waals surface area (Å²) in [5.41, 5.74) is -2.04. The lowest BCUT2D eigenvalue weighted by molar-refractivity contribution is -0.153. The molecule has 0 saturated heterocycles. The molecule has 1 unspecified atom stereocenters. The first-order chi connectivity index (χ1) is 16.9. The number of nitrogens with zero attached hydrogens (tertiary/aromatic N) is 1. The summed E-state index contributed by atoms with van der Waals surface area (Å²) in [5.74, 6) is 0.684. The minimum absolute atomic E-state index is 0.0684. The van der Waals surface area contributed by atoms with E-state index in [0.29, 0.717) is 11.1 Å². The van der Waals surface area contributed by atoms with Gasteiger partial charge in [0.25, 0.3) is 0 Å². The van der Waals surface area contributed by atoms with Crippen LogP contribution in [-0.4, -0.2) is 68.4 Å². The highest BCUT2D eigenvalue weighted by Gasteiger charge is 2.64. The number of benzene rings is 1. The number of fused-ring (bicyclic) bond motifs is 3. The summed E-state index contributed by atoms with van der Waals surface area (Å²) < 4.78 is 0. The van der Waals surface area contributed by atoms with Crippen molar-refractivity contribution in [2.45, 2.75) is 51.7 Å². The molecular formula is C28H31NO7. The van der Waals surface area contributed by atoms with Crippen LogP contribution in [0.5, 0.6) is 5.75 Å². The van der Waals surface area contributed by atoms with Crippen molar-refractivity contribution in [2.24, 2.45) is 17.8 Å². The van der Waals surface area contributed by atoms with E-state index >= 15 is 0 Å². The number of carbonyl (C=O) groups is 3. The van der Waals surface area contributed by atoms with Crippen molar-refractivity contribution >= 4 is 23.1 Å². The maximum absolute atomic E-state index is 13.8. The monoisotopic (exact) mass is 493 g/mol. The predicted octanol–water partition coefficient (Wildman–Crippen LogP) is 2.47. The fourth-order valence-corrected chi connectivity index (χ4v) is 5.77. The number of aromatic hydroxyl groups is 1. The van der Waals surface area contributed by atoms with Crippen LogP contribution in [0.1, 0.15) is 50.3 Å². The molecule has 8 heteroatoms. The molecule has 36 heavy (non-hydrogen) atoms. The van der Waals surface area contributed by atoms with E-state index in [2.05, 4.69) is 11.8 Å². The summed E-state index contributed by atoms with van der Waals surface area (Å²) in [5, 5.41) is 44.4. The Kier molecular flexibility index (Phi) is 6.36. The maximum atomic E-state index is 13.8. The Balaban J connectivity index is 1.95. The van der Waals surface area contributed by atoms with Gasteiger partial charge in [-0.15, -0.1) is 0 Å². The molecule has 4 N–H and O–H groups in total. The third kappa shape index (κ3) is 3.57. The van der Waals surface area contributed by atoms with Gasteiger partial charge in [0.1, 0.15) is 22.8 Å². The van der Waals surface area contributed by atoms with Crippen LogP contribution in [0.2, 0.25) is 0 Å². The number of phenols is 1. The van der Waals surface area contributed by atoms with Crippen LogP contribution in [0.4, 0.5) is 0 Å². The third-order valence-electron chi connectivity index (χ3n) is 7.78. The Morgan fingerprint density at radius 3 is 2.47 bits per heavy atom. The quantitative estimate of drug-likeness (QED) is 0.373. The summed E-state index contributed by atoms with van der Waals surface area (Å²) in [4.78, 5) is 40.8. The molecule has 4 rings (SSSR count). The second kappa shape index (κ2) is 8.91. The molecule has 1 fully saturated rings. The van der Waals surface area contributed by atoms with Gasteiger partial charge in [0.05, 0.1) is 11.6 Å². The summed E-state index contributed by atoms with van der Waals surface area (Å²) >= 11 is 0. The molecule has 0 amide bonds. The van der Waals surface area contributed by atoms with Crippen molar-refractivity contribution in [3.8, 4) is 17.6 Å². The first kappa shape index (κ1) is 25.7. The van der Waals surface area contributed by atoms with Gasteiger partial charge in [-0.05, 0) is 63.9 Å². The largest absolute Gasteiger partial charge is 0.508 e. The van der Waals surface area contributed by atoms with Crippen molar-refractivity contribution in [1.82, 2.24) is 4.90 Å². The van der Waals surface area contributed by atoms with Gasteiger partial charge in [-0.25, -0.2) is 0 Å². The standard InChI is InChI=1S/C28H31NO7/c1-6-13(2)7-8-15-9-10-19(31)22-17(15)11-16-12-18-23(29(4)5)25(33)20(14(3)30)26(34)28(18,36)27(35)21(16)24(22)32/h9-10,13,16,18,23,31-32,34,36H,6,11-12H2,1-5H3/t13?,16-,18-,23-,28+/m0/s1. The lowest BCUT2D eigenvalue weighted by Gasteiger charge is -2.50. The highest BCUT2D eigenvalue weighted by atomic mass is 16.3. The van der Waals surface area contributed by atoms with Crippen molar-refractivity contribution in [3.63, 3.8) is 0 Å². The number of aliphatic hydroxyl groups is 3. The van der Waals surface area contributed by atoms with Crippen molar-refractivity contribution < 1.29 is 34.8 Å². The summed E-state index contributed by atoms with van der Waals surface area (Å²) in [7, 11) is 3.21. The fraction of sp³-hybridized carbons (Fsp3) is 0.464. The average molecular weight is 494 g/mol. The van der Waals surface area contributed by atoms with Gasteiger partial charge in [-0.1, -0.05) is 25.7 Å². The van der Waals surface area contributed by atoms with Crippen LogP contribution in [0, 0.1) is 29.6 Å². The van der Waals surface area contributed by atoms with Gasteiger partial charge in [-0.3, -0.25) is 19.3 Å². The van der Waals surface area contributed by atoms with Crippen molar-refractivity contribution in [1.29, 1.82) is 0 Å². The lowest BCUT2D eigenvalue weighted by Crippen LogP contribution is -2.65. The number of aliphatic hydroxyl groups excluding tert-OH is 2. The smallest absolute Gasteiger partial charge is 0.202 e. The number of carbonyl (C=O) groups excluding carboxylic acids is 3. The second-order valence-corrected chi connectivity index (χ2v) is 10.2. The number of Topliss-reactive ketones (excluding diaryl/α,β-unsaturated/α-hetero) is 3. The molecule has 8 nitrogen and oxygen atoms in total. The van der Waals surface area contributed by atoms with Crippen molar-refractivity contribution in [2.75, 3.05) is 14.1 Å². The SMILES string of the molecule is CCC(C)C#Cc1ccc(O)c2c1C[C@H]1C[C@H]3[C@H](N(C)C)C(=O)C(C(C)=O)=C(O)[C@@]3(O)C(=O)C1=C2O. The lowest BCUT2D eigenvalue weighted by atomic mass is 9.57. The van der Waals surface area contributed by atoms with E-state index in [0.717, 1.165) is 13.3 Å². The molecule has 0 bridgehead atoms. The minimum atomic E-state index is -2.56. The first-order valence-electron chi connectivity index (χ1n) is 12.1. The molecule has 0 heterocycles. The number of hydrogen-bond acceptors (Lipinski definition) is 8. The molecule has 1 aromatic carbocycles. The Bertz CT molecular complexity index is 1310. The van der Waals surface area contributed by atoms with Gasteiger partial charge in [0, 0.05) is 23.0 Å². The van der Waals surface area contributed by atoms with E-state index in [-0.39, 0.29) is 35.6 Å². The normalized spacial score (nSPS) is 28.2. The van der Waals surface area contributed by atoms with Gasteiger partial charge in [0.15, 0.2) is 17.2 Å². The highest BCUT2D eigenvalue weighted by molar-refractivity contribution is 6.25. The van der Waals surface area contributed by atoms with Crippen LogP contribution < -0.4 is 0 Å². The zero-order valence-electron chi connectivity index (χ0n) is 21.0. The number of rotatable bonds is 3. The maximum Gasteiger partial charge on any atom is 0.202 e. The van der Waals surface area contributed by atoms with E-state index < -0.39 is 57.9 Å². The number of hydrogen-bond donors (Lipinski definition) is 4. The van der Waals surface area contributed by atoms with Gasteiger partial charge in [0.2, 0.25) is 5.78 Å². The van der Waals surface area contributed by atoms with Gasteiger partial charge >= 0.3 is 0 Å². The van der Waals surface area contributed by atoms with E-state index in [1.807, 2.05) is 13.8 Å². The molecule has 1 aromatic rings. The zero-order valence-corrected chi connectivity index (χ0v) is 21.0. The van der Waals surface area contributed by atoms with E-state index in [1.165, 1.54) is 11.0 Å². The number of likely N-dealkylation sites (N-methyl/N-ethyl adjacent to an activating group) is 1. The average Bonchev–Trinajstić information content (AvgIpc) is 2.80. The Morgan fingerprint density at radius 1 is 1.22 bits per heavy atom. The fourth-order valence-electron chi connectivity index (χ4n) is 5.77. The highest BCUT2D eigenvalue weighted by Crippen LogP contribution is 2.52. The summed E-state index contributed by atoms with van der Waals surface area (Å²) in [6, 6.07) is 2.03. The molecule has 1 saturated carbocycles. The minimum Gasteiger partial charge on any atom is -0.508 e. The predicted molar refractivity (Wildman–Crippen MR) is 132 cm³/mol. The molecule has 5 atom stereocenters. The molecule has 0 aromatic heterocycles. The molecular weight excluding hydrogens is 462 g/mol. The zero-order chi connectivity index (χ0) is 26.7. The van der Waals surface area contributed by atoms with Crippen LogP contribution >= 0.6 is 0 Å². The van der Waals surface area contributed by atoms with Crippen LogP contribution in [0.15, 0.2) is 29.0 Å². The number of ketones is 3. The molecule has 0 aliphatic heterocycles. The van der Waals surface area contributed by atoms with Gasteiger partial charge < -0.3 is 20.4 Å². The Hall–Kier alpha value is -3.41. The summed E-state index contributed by atoms with van der Waals surface area (Å²) in [6.07, 6.45) is 1.18. The molecule has 0 radical (unpaired) electrons. The van der Waals surface area contributed by atoms with Gasteiger partial charge in [-0.2, -0.15) is 0 Å². The first-order valence-corrected chi connectivity index (χ1v) is 12.1. The Morgan fingerprint density at radius 2 is 1.89 bits per heavy atom. The molecule has 190 valence electrons. The molecule has 3 aliphatic carbocycles. The van der Waals surface area contributed by atoms with E-state index in [9.17, 15) is 34.8 Å². The molecule has 0 spiro atoms. The molecule has 3 aliphatic rings. The third-order valence-corrected chi connectivity index (χ3v) is 7.78. The number of phenolic OH excluding ortho intramolecular Hbond substituents is 1. The summed E-state index contributed by atoms with van der Waals surface area (Å²) in [6.45, 7) is 5.10. The van der Waals surface area contributed by atoms with Crippen molar-refractivity contribution in [3.05, 3.63) is 45.7 Å². The second-order valence-electron chi connectivity index (χ2n) is 10.2. The van der Waals surface area contributed by atoms with E-state index in [1.54, 1.807) is 20.2 Å². The Labute approximate surface area is 209 Å². The van der Waals surface area contributed by atoms with Crippen LogP contribution in [-0.2, 0) is 20.8 Å². The van der Waals surface area contributed by atoms with Crippen LogP contribution in [0.3, 0.4) is 0 Å². The topological polar surface area (TPSA) is 135 Å². The van der Waals surface area contributed by atoms with E-state index in [4.69, 9.17) is 0 Å².